The zero-order chi connectivity index (χ0) is 16.7. The number of ether oxygens (including phenoxy) is 1. The van der Waals surface area contributed by atoms with Crippen molar-refractivity contribution < 1.29 is 14.3 Å². The Morgan fingerprint density at radius 2 is 2.12 bits per heavy atom. The molecule has 0 aromatic carbocycles. The average molecular weight is 376 g/mol. The number of carbonyl (C=O) groups excluding carboxylic acids is 2. The van der Waals surface area contributed by atoms with Crippen LogP contribution in [-0.2, 0) is 9.53 Å². The van der Waals surface area contributed by atoms with Crippen LogP contribution >= 0.6 is 23.7 Å². The number of carbonyl (C=O) groups is 2. The molecule has 2 heterocycles. The number of rotatable bonds is 7. The highest BCUT2D eigenvalue weighted by Gasteiger charge is 2.25. The van der Waals surface area contributed by atoms with Crippen LogP contribution in [0.2, 0.25) is 0 Å². The molecule has 1 aromatic rings. The molecule has 6 nitrogen and oxygen atoms in total. The van der Waals surface area contributed by atoms with Gasteiger partial charge in [0.1, 0.15) is 0 Å². The summed E-state index contributed by atoms with van der Waals surface area (Å²) >= 11 is 1.39. The maximum absolute atomic E-state index is 12.3. The maximum Gasteiger partial charge on any atom is 0.264 e. The second-order valence-corrected chi connectivity index (χ2v) is 6.68. The molecule has 24 heavy (non-hydrogen) atoms. The molecule has 0 radical (unpaired) electrons. The Morgan fingerprint density at radius 3 is 2.71 bits per heavy atom. The lowest BCUT2D eigenvalue weighted by Gasteiger charge is -2.33. The van der Waals surface area contributed by atoms with Gasteiger partial charge in [0, 0.05) is 26.7 Å². The third-order valence-corrected chi connectivity index (χ3v) is 4.81. The zero-order valence-electron chi connectivity index (χ0n) is 14.0. The molecule has 1 aromatic heterocycles. The minimum Gasteiger partial charge on any atom is -0.378 e. The van der Waals surface area contributed by atoms with Crippen LogP contribution in [0.15, 0.2) is 17.5 Å². The van der Waals surface area contributed by atoms with E-state index >= 15 is 0 Å². The minimum atomic E-state index is -0.103. The molecule has 2 amide bonds. The van der Waals surface area contributed by atoms with Gasteiger partial charge in [0.25, 0.3) is 5.91 Å². The summed E-state index contributed by atoms with van der Waals surface area (Å²) in [6.45, 7) is 2.82. The number of amides is 2. The van der Waals surface area contributed by atoms with Crippen LogP contribution < -0.4 is 5.73 Å². The fourth-order valence-electron chi connectivity index (χ4n) is 2.57. The van der Waals surface area contributed by atoms with E-state index < -0.39 is 0 Å². The normalized spacial score (nSPS) is 15.0. The summed E-state index contributed by atoms with van der Waals surface area (Å²) < 4.78 is 5.74. The fourth-order valence-corrected chi connectivity index (χ4v) is 3.29. The first-order valence-corrected chi connectivity index (χ1v) is 8.88. The van der Waals surface area contributed by atoms with Crippen LogP contribution in [0.5, 0.6) is 0 Å². The average Bonchev–Trinajstić information content (AvgIpc) is 3.09. The highest BCUT2D eigenvalue weighted by atomic mass is 35.5. The highest BCUT2D eigenvalue weighted by molar-refractivity contribution is 7.12. The first kappa shape index (κ1) is 20.9. The van der Waals surface area contributed by atoms with E-state index in [1.165, 1.54) is 16.2 Å². The van der Waals surface area contributed by atoms with Crippen molar-refractivity contribution in [1.29, 1.82) is 0 Å². The van der Waals surface area contributed by atoms with Gasteiger partial charge in [0.05, 0.1) is 17.5 Å². The number of piperidine rings is 1. The van der Waals surface area contributed by atoms with Gasteiger partial charge in [-0.3, -0.25) is 9.59 Å². The Kier molecular flexibility index (Phi) is 9.28. The van der Waals surface area contributed by atoms with E-state index in [0.29, 0.717) is 31.1 Å². The van der Waals surface area contributed by atoms with Crippen LogP contribution in [0.1, 0.15) is 28.9 Å². The Bertz CT molecular complexity index is 505. The van der Waals surface area contributed by atoms with Crippen molar-refractivity contribution >= 4 is 35.6 Å². The summed E-state index contributed by atoms with van der Waals surface area (Å²) in [5.74, 6) is -0.105. The van der Waals surface area contributed by atoms with Gasteiger partial charge in [-0.05, 0) is 37.3 Å². The van der Waals surface area contributed by atoms with E-state index in [2.05, 4.69) is 0 Å². The van der Waals surface area contributed by atoms with Crippen molar-refractivity contribution in [3.05, 3.63) is 22.4 Å². The lowest BCUT2D eigenvalue weighted by atomic mass is 10.1. The van der Waals surface area contributed by atoms with Gasteiger partial charge in [-0.25, -0.2) is 0 Å². The smallest absolute Gasteiger partial charge is 0.264 e. The van der Waals surface area contributed by atoms with Crippen LogP contribution in [0, 0.1) is 0 Å². The summed E-state index contributed by atoms with van der Waals surface area (Å²) in [6, 6.07) is 3.61. The van der Waals surface area contributed by atoms with E-state index in [1.807, 2.05) is 16.3 Å². The quantitative estimate of drug-likeness (QED) is 0.734. The summed E-state index contributed by atoms with van der Waals surface area (Å²) in [5.41, 5.74) is 5.45. The first-order chi connectivity index (χ1) is 11.1. The lowest BCUT2D eigenvalue weighted by Crippen LogP contribution is -2.45. The summed E-state index contributed by atoms with van der Waals surface area (Å²) in [4.78, 5) is 28.4. The first-order valence-electron chi connectivity index (χ1n) is 8.00. The van der Waals surface area contributed by atoms with Crippen LogP contribution in [0.3, 0.4) is 0 Å². The van der Waals surface area contributed by atoms with Gasteiger partial charge in [0.15, 0.2) is 0 Å². The van der Waals surface area contributed by atoms with Crippen LogP contribution in [0.25, 0.3) is 0 Å². The van der Waals surface area contributed by atoms with E-state index in [-0.39, 0.29) is 36.9 Å². The maximum atomic E-state index is 12.3. The standard InChI is InChI=1S/C16H25N3O3S.ClH/c1-18(16(21)14-4-2-11-23-14)12-15(20)19-8-5-13(6-9-19)22-10-3-7-17;/h2,4,11,13H,3,5-10,12,17H2,1H3;1H. The molecule has 1 saturated heterocycles. The molecular formula is C16H26ClN3O3S. The molecule has 0 unspecified atom stereocenters. The van der Waals surface area contributed by atoms with Crippen molar-refractivity contribution in [1.82, 2.24) is 9.80 Å². The molecule has 0 saturated carbocycles. The molecule has 0 aliphatic carbocycles. The van der Waals surface area contributed by atoms with Crippen LogP contribution in [0.4, 0.5) is 0 Å². The fraction of sp³-hybridized carbons (Fsp3) is 0.625. The number of nitrogens with zero attached hydrogens (tertiary/aromatic N) is 2. The summed E-state index contributed by atoms with van der Waals surface area (Å²) in [6.07, 6.45) is 2.78. The predicted molar refractivity (Wildman–Crippen MR) is 97.8 cm³/mol. The van der Waals surface area contributed by atoms with Gasteiger partial charge in [0.2, 0.25) is 5.91 Å². The van der Waals surface area contributed by atoms with Crippen molar-refractivity contribution in [2.45, 2.75) is 25.4 Å². The summed E-state index contributed by atoms with van der Waals surface area (Å²) in [5, 5.41) is 1.86. The monoisotopic (exact) mass is 375 g/mol. The van der Waals surface area contributed by atoms with Crippen molar-refractivity contribution in [2.75, 3.05) is 39.8 Å². The van der Waals surface area contributed by atoms with Gasteiger partial charge in [-0.2, -0.15) is 0 Å². The predicted octanol–water partition coefficient (Wildman–Crippen LogP) is 1.60. The zero-order valence-corrected chi connectivity index (χ0v) is 15.6. The third-order valence-electron chi connectivity index (χ3n) is 3.95. The molecule has 2 N–H and O–H groups in total. The lowest BCUT2D eigenvalue weighted by molar-refractivity contribution is -0.134. The van der Waals surface area contributed by atoms with Crippen LogP contribution in [-0.4, -0.2) is 67.6 Å². The number of nitrogens with two attached hydrogens (primary N) is 1. The Hall–Kier alpha value is -1.15. The minimum absolute atomic E-state index is 0. The topological polar surface area (TPSA) is 75.9 Å². The number of thiophene rings is 1. The number of halogens is 1. The Balaban J connectivity index is 0.00000288. The van der Waals surface area contributed by atoms with E-state index in [1.54, 1.807) is 13.1 Å². The Morgan fingerprint density at radius 1 is 1.42 bits per heavy atom. The molecule has 0 atom stereocenters. The van der Waals surface area contributed by atoms with Crippen molar-refractivity contribution in [3.8, 4) is 0 Å². The third kappa shape index (κ3) is 6.05. The second-order valence-electron chi connectivity index (χ2n) is 5.73. The molecule has 8 heteroatoms. The molecule has 1 aliphatic rings. The highest BCUT2D eigenvalue weighted by Crippen LogP contribution is 2.15. The SMILES string of the molecule is CN(CC(=O)N1CCC(OCCCN)CC1)C(=O)c1cccs1.Cl. The van der Waals surface area contributed by atoms with E-state index in [0.717, 1.165) is 19.3 Å². The largest absolute Gasteiger partial charge is 0.378 e. The number of hydrogen-bond acceptors (Lipinski definition) is 5. The van der Waals surface area contributed by atoms with Gasteiger partial charge < -0.3 is 20.3 Å². The molecule has 0 bridgehead atoms. The molecular weight excluding hydrogens is 350 g/mol. The van der Waals surface area contributed by atoms with E-state index in [9.17, 15) is 9.59 Å². The van der Waals surface area contributed by atoms with E-state index in [4.69, 9.17) is 10.5 Å². The van der Waals surface area contributed by atoms with Crippen molar-refractivity contribution in [2.24, 2.45) is 5.73 Å². The summed E-state index contributed by atoms with van der Waals surface area (Å²) in [7, 11) is 1.67. The Labute approximate surface area is 153 Å². The van der Waals surface area contributed by atoms with Gasteiger partial charge in [-0.15, -0.1) is 23.7 Å². The van der Waals surface area contributed by atoms with Crippen molar-refractivity contribution in [3.63, 3.8) is 0 Å². The molecule has 1 aliphatic heterocycles. The molecule has 1 fully saturated rings. The van der Waals surface area contributed by atoms with Gasteiger partial charge >= 0.3 is 0 Å². The number of likely N-dealkylation sites (N-methyl/N-ethyl adjacent to an activating group) is 1. The molecule has 2 rings (SSSR count). The number of likely N-dealkylation sites (tertiary alicyclic amines) is 1. The second kappa shape index (κ2) is 10.7. The number of hydrogen-bond donors (Lipinski definition) is 1. The van der Waals surface area contributed by atoms with Gasteiger partial charge in [-0.1, -0.05) is 6.07 Å². The molecule has 0 spiro atoms. The molecule has 136 valence electrons.